The summed E-state index contributed by atoms with van der Waals surface area (Å²) in [4.78, 5) is 0.306. The molecule has 3 aromatic rings. The number of aryl methyl sites for hydroxylation is 1. The fourth-order valence-electron chi connectivity index (χ4n) is 3.57. The number of hydrogen-bond donors (Lipinski definition) is 0. The van der Waals surface area contributed by atoms with Crippen molar-refractivity contribution in [2.75, 3.05) is 13.1 Å². The largest absolute Gasteiger partial charge is 0.268 e. The van der Waals surface area contributed by atoms with Gasteiger partial charge in [0.05, 0.1) is 10.4 Å². The monoisotopic (exact) mass is 365 g/mol. The molecule has 1 aliphatic rings. The van der Waals surface area contributed by atoms with Crippen LogP contribution in [0.15, 0.2) is 66.1 Å². The van der Waals surface area contributed by atoms with Gasteiger partial charge in [0.1, 0.15) is 12.2 Å². The predicted octanol–water partition coefficient (Wildman–Crippen LogP) is 3.36. The van der Waals surface area contributed by atoms with E-state index in [1.807, 2.05) is 55.6 Å². The fourth-order valence-corrected chi connectivity index (χ4v) is 5.09. The highest BCUT2D eigenvalue weighted by atomic mass is 32.2. The summed E-state index contributed by atoms with van der Waals surface area (Å²) in [7, 11) is -3.69. The van der Waals surface area contributed by atoms with E-state index in [1.165, 1.54) is 3.97 Å². The Morgan fingerprint density at radius 3 is 2.62 bits per heavy atom. The molecule has 2 aromatic carbocycles. The smallest absolute Gasteiger partial charge is 0.230 e. The molecule has 0 bridgehead atoms. The van der Waals surface area contributed by atoms with Crippen LogP contribution in [0.5, 0.6) is 0 Å². The lowest BCUT2D eigenvalue weighted by Gasteiger charge is -2.13. The van der Waals surface area contributed by atoms with Gasteiger partial charge in [-0.2, -0.15) is 0 Å². The van der Waals surface area contributed by atoms with Gasteiger partial charge in [-0.25, -0.2) is 17.0 Å². The highest BCUT2D eigenvalue weighted by Gasteiger charge is 2.30. The molecule has 1 aromatic heterocycles. The number of rotatable bonds is 4. The van der Waals surface area contributed by atoms with Crippen LogP contribution < -0.4 is 0 Å². The Balaban J connectivity index is 2.03. The Kier molecular flexibility index (Phi) is 4.04. The third kappa shape index (κ3) is 2.59. The van der Waals surface area contributed by atoms with E-state index < -0.39 is 10.0 Å². The van der Waals surface area contributed by atoms with Gasteiger partial charge in [-0.05, 0) is 36.8 Å². The zero-order chi connectivity index (χ0) is 18.3. The van der Waals surface area contributed by atoms with Gasteiger partial charge >= 0.3 is 0 Å². The molecular weight excluding hydrogens is 344 g/mol. The van der Waals surface area contributed by atoms with Crippen molar-refractivity contribution in [2.24, 2.45) is 0 Å². The van der Waals surface area contributed by atoms with Gasteiger partial charge in [-0.1, -0.05) is 42.5 Å². The van der Waals surface area contributed by atoms with Gasteiger partial charge in [0.15, 0.2) is 12.8 Å². The van der Waals surface area contributed by atoms with E-state index in [0.29, 0.717) is 11.4 Å². The summed E-state index contributed by atoms with van der Waals surface area (Å²) in [6, 6.07) is 14.7. The van der Waals surface area contributed by atoms with Gasteiger partial charge in [-0.3, -0.25) is 0 Å². The summed E-state index contributed by atoms with van der Waals surface area (Å²) in [6.07, 6.45) is 4.60. The van der Waals surface area contributed by atoms with E-state index in [4.69, 9.17) is 0 Å². The molecule has 0 aliphatic carbocycles. The Labute approximate surface area is 153 Å². The van der Waals surface area contributed by atoms with Gasteiger partial charge in [0.25, 0.3) is 10.0 Å². The summed E-state index contributed by atoms with van der Waals surface area (Å²) in [5.74, 6) is 0. The van der Waals surface area contributed by atoms with Crippen molar-refractivity contribution in [3.05, 3.63) is 78.0 Å². The van der Waals surface area contributed by atoms with Crippen LogP contribution in [0.4, 0.5) is 0 Å². The van der Waals surface area contributed by atoms with Crippen LogP contribution in [-0.4, -0.2) is 36.3 Å². The average molecular weight is 365 g/mol. The second kappa shape index (κ2) is 6.25. The summed E-state index contributed by atoms with van der Waals surface area (Å²) in [5, 5.41) is 1.01. The lowest BCUT2D eigenvalue weighted by Crippen LogP contribution is -2.26. The van der Waals surface area contributed by atoms with Gasteiger partial charge in [0, 0.05) is 11.8 Å². The molecule has 2 heterocycles. The lowest BCUT2D eigenvalue weighted by atomic mass is 10.1. The standard InChI is InChI=1S/C21H21N2O2S/c1-3-13-22-14-12-19-18-6-4-5-7-20(18)23(21(19)15-22)26(24,25)17-10-8-16(2)9-11-17/h3-11,15H,1,12-14H2,2H3/q+1. The molecule has 0 saturated carbocycles. The summed E-state index contributed by atoms with van der Waals surface area (Å²) in [5.41, 5.74) is 3.61. The van der Waals surface area contributed by atoms with Crippen LogP contribution in [0, 0.1) is 6.92 Å². The molecule has 0 unspecified atom stereocenters. The van der Waals surface area contributed by atoms with Crippen LogP contribution in [0.25, 0.3) is 10.9 Å². The summed E-state index contributed by atoms with van der Waals surface area (Å²) >= 11 is 0. The number of benzene rings is 2. The first-order valence-electron chi connectivity index (χ1n) is 8.67. The fraction of sp³-hybridized carbons (Fsp3) is 0.190. The second-order valence-corrected chi connectivity index (χ2v) is 8.41. The Bertz CT molecular complexity index is 1140. The highest BCUT2D eigenvalue weighted by molar-refractivity contribution is 7.90. The summed E-state index contributed by atoms with van der Waals surface area (Å²) in [6.45, 7) is 7.30. The van der Waals surface area contributed by atoms with Crippen molar-refractivity contribution >= 4 is 27.1 Å². The van der Waals surface area contributed by atoms with Crippen LogP contribution in [-0.2, 0) is 16.4 Å². The van der Waals surface area contributed by atoms with Crippen molar-refractivity contribution < 1.29 is 13.0 Å². The lowest BCUT2D eigenvalue weighted by molar-refractivity contribution is -0.513. The van der Waals surface area contributed by atoms with E-state index >= 15 is 0 Å². The second-order valence-electron chi connectivity index (χ2n) is 6.63. The maximum atomic E-state index is 13.5. The number of hydrogen-bond acceptors (Lipinski definition) is 2. The molecule has 0 saturated heterocycles. The molecule has 0 spiro atoms. The topological polar surface area (TPSA) is 42.1 Å². The first-order chi connectivity index (χ1) is 12.5. The minimum Gasteiger partial charge on any atom is -0.230 e. The van der Waals surface area contributed by atoms with Crippen LogP contribution in [0.1, 0.15) is 16.8 Å². The van der Waals surface area contributed by atoms with E-state index in [1.54, 1.807) is 12.1 Å². The normalized spacial score (nSPS) is 14.1. The maximum Gasteiger partial charge on any atom is 0.268 e. The zero-order valence-electron chi connectivity index (χ0n) is 14.7. The molecular formula is C21H21N2O2S+. The number of nitrogens with zero attached hydrogens (tertiary/aromatic N) is 2. The Morgan fingerprint density at radius 1 is 1.15 bits per heavy atom. The number of aromatic nitrogens is 1. The van der Waals surface area contributed by atoms with Crippen molar-refractivity contribution in [3.8, 4) is 0 Å². The van der Waals surface area contributed by atoms with Crippen molar-refractivity contribution in [1.82, 2.24) is 3.97 Å². The Morgan fingerprint density at radius 2 is 1.88 bits per heavy atom. The quantitative estimate of drug-likeness (QED) is 0.525. The third-order valence-electron chi connectivity index (χ3n) is 4.85. The molecule has 0 N–H and O–H groups in total. The molecule has 4 nitrogen and oxygen atoms in total. The molecule has 26 heavy (non-hydrogen) atoms. The van der Waals surface area contributed by atoms with Crippen molar-refractivity contribution in [3.63, 3.8) is 0 Å². The molecule has 5 heteroatoms. The Hall–Kier alpha value is -2.66. The molecule has 132 valence electrons. The minimum atomic E-state index is -3.69. The third-order valence-corrected chi connectivity index (χ3v) is 6.59. The van der Waals surface area contributed by atoms with Crippen LogP contribution in [0.2, 0.25) is 0 Å². The van der Waals surface area contributed by atoms with E-state index in [-0.39, 0.29) is 0 Å². The summed E-state index contributed by atoms with van der Waals surface area (Å²) < 4.78 is 30.5. The van der Waals surface area contributed by atoms with Gasteiger partial charge < -0.3 is 0 Å². The molecule has 4 rings (SSSR count). The van der Waals surface area contributed by atoms with Gasteiger partial charge in [-0.15, -0.1) is 0 Å². The molecule has 0 atom stereocenters. The van der Waals surface area contributed by atoms with E-state index in [9.17, 15) is 8.42 Å². The number of fused-ring (bicyclic) bond motifs is 3. The molecule has 0 amide bonds. The van der Waals surface area contributed by atoms with E-state index in [2.05, 4.69) is 11.2 Å². The highest BCUT2D eigenvalue weighted by Crippen LogP contribution is 2.31. The first-order valence-corrected chi connectivity index (χ1v) is 10.1. The van der Waals surface area contributed by atoms with Crippen LogP contribution >= 0.6 is 0 Å². The minimum absolute atomic E-state index is 0.306. The SMILES string of the molecule is C=CC[N+]1=Cc2c(c3ccccc3n2S(=O)(=O)c2ccc(C)cc2)CC1. The predicted molar refractivity (Wildman–Crippen MR) is 105 cm³/mol. The first kappa shape index (κ1) is 16.8. The van der Waals surface area contributed by atoms with Gasteiger partial charge in [0.2, 0.25) is 0 Å². The van der Waals surface area contributed by atoms with Crippen LogP contribution in [0.3, 0.4) is 0 Å². The molecule has 0 fully saturated rings. The maximum absolute atomic E-state index is 13.5. The van der Waals surface area contributed by atoms with E-state index in [0.717, 1.165) is 40.7 Å². The van der Waals surface area contributed by atoms with Crippen molar-refractivity contribution in [1.29, 1.82) is 0 Å². The zero-order valence-corrected chi connectivity index (χ0v) is 15.5. The molecule has 0 radical (unpaired) electrons. The average Bonchev–Trinajstić information content (AvgIpc) is 2.96. The number of para-hydroxylation sites is 1. The molecule has 1 aliphatic heterocycles. The van der Waals surface area contributed by atoms with Crippen molar-refractivity contribution in [2.45, 2.75) is 18.2 Å².